The molecule has 6 heteroatoms. The maximum Gasteiger partial charge on any atom is 0.338 e. The van der Waals surface area contributed by atoms with E-state index in [1.807, 2.05) is 6.07 Å². The molecule has 0 N–H and O–H groups in total. The molecule has 1 aromatic heterocycles. The third-order valence-corrected chi connectivity index (χ3v) is 3.47. The lowest BCUT2D eigenvalue weighted by Gasteiger charge is -2.14. The number of ether oxygens (including phenoxy) is 1. The van der Waals surface area contributed by atoms with Crippen molar-refractivity contribution in [3.8, 4) is 0 Å². The van der Waals surface area contributed by atoms with Gasteiger partial charge in [-0.15, -0.1) is 6.58 Å². The number of hydrogen-bond acceptors (Lipinski definition) is 4. The van der Waals surface area contributed by atoms with Gasteiger partial charge < -0.3 is 4.74 Å². The van der Waals surface area contributed by atoms with Crippen LogP contribution in [0, 0.1) is 0 Å². The molecular formula is C17H17ClN2O3. The van der Waals surface area contributed by atoms with E-state index in [2.05, 4.69) is 11.7 Å². The fourth-order valence-corrected chi connectivity index (χ4v) is 2.24. The summed E-state index contributed by atoms with van der Waals surface area (Å²) in [6.07, 6.45) is 2.78. The van der Waals surface area contributed by atoms with E-state index in [0.29, 0.717) is 18.4 Å². The molecule has 1 atom stereocenters. The van der Waals surface area contributed by atoms with Crippen molar-refractivity contribution in [1.29, 1.82) is 0 Å². The minimum atomic E-state index is -0.362. The fourth-order valence-electron chi connectivity index (χ4n) is 2.09. The molecule has 120 valence electrons. The van der Waals surface area contributed by atoms with Gasteiger partial charge in [0, 0.05) is 6.07 Å². The Hall–Kier alpha value is -2.40. The Balaban J connectivity index is 1.87. The second-order valence-electron chi connectivity index (χ2n) is 4.89. The predicted molar refractivity (Wildman–Crippen MR) is 88.7 cm³/mol. The van der Waals surface area contributed by atoms with Crippen molar-refractivity contribution in [3.05, 3.63) is 76.2 Å². The Morgan fingerprint density at radius 1 is 1.30 bits per heavy atom. The second-order valence-corrected chi connectivity index (χ2v) is 5.27. The Kier molecular flexibility index (Phi) is 6.11. The molecule has 0 spiro atoms. The summed E-state index contributed by atoms with van der Waals surface area (Å²) in [5.41, 5.74) is 0.265. The zero-order valence-corrected chi connectivity index (χ0v) is 13.3. The van der Waals surface area contributed by atoms with Crippen LogP contribution in [0.4, 0.5) is 0 Å². The van der Waals surface area contributed by atoms with E-state index >= 15 is 0 Å². The van der Waals surface area contributed by atoms with Gasteiger partial charge in [-0.3, -0.25) is 4.79 Å². The molecule has 23 heavy (non-hydrogen) atoms. The van der Waals surface area contributed by atoms with Gasteiger partial charge >= 0.3 is 5.97 Å². The summed E-state index contributed by atoms with van der Waals surface area (Å²) in [5, 5.41) is 4.24. The highest BCUT2D eigenvalue weighted by Gasteiger charge is 2.11. The highest BCUT2D eigenvalue weighted by atomic mass is 35.5. The second kappa shape index (κ2) is 8.29. The van der Waals surface area contributed by atoms with E-state index in [9.17, 15) is 9.59 Å². The topological polar surface area (TPSA) is 61.2 Å². The summed E-state index contributed by atoms with van der Waals surface area (Å²) in [6, 6.07) is 11.3. The Morgan fingerprint density at radius 3 is 2.74 bits per heavy atom. The Morgan fingerprint density at radius 2 is 2.04 bits per heavy atom. The van der Waals surface area contributed by atoms with Crippen LogP contribution in [0.3, 0.4) is 0 Å². The first-order valence-electron chi connectivity index (χ1n) is 7.22. The first kappa shape index (κ1) is 17.0. The van der Waals surface area contributed by atoms with Gasteiger partial charge in [-0.1, -0.05) is 35.9 Å². The molecule has 1 aromatic carbocycles. The molecular weight excluding hydrogens is 316 g/mol. The first-order valence-corrected chi connectivity index (χ1v) is 7.59. The molecule has 0 saturated heterocycles. The zero-order chi connectivity index (χ0) is 16.7. The first-order chi connectivity index (χ1) is 11.1. The number of aromatic nitrogens is 2. The van der Waals surface area contributed by atoms with E-state index in [-0.39, 0.29) is 29.3 Å². The van der Waals surface area contributed by atoms with Crippen molar-refractivity contribution >= 4 is 17.6 Å². The average Bonchev–Trinajstić information content (AvgIpc) is 2.58. The number of rotatable bonds is 7. The largest absolute Gasteiger partial charge is 0.462 e. The molecule has 0 radical (unpaired) electrons. The van der Waals surface area contributed by atoms with E-state index < -0.39 is 0 Å². The van der Waals surface area contributed by atoms with Gasteiger partial charge in [0.05, 0.1) is 18.2 Å². The van der Waals surface area contributed by atoms with Gasteiger partial charge in [-0.2, -0.15) is 5.10 Å². The van der Waals surface area contributed by atoms with Crippen LogP contribution in [0.5, 0.6) is 0 Å². The van der Waals surface area contributed by atoms with Crippen molar-refractivity contribution in [3.63, 3.8) is 0 Å². The molecule has 2 rings (SSSR count). The minimum Gasteiger partial charge on any atom is -0.462 e. The van der Waals surface area contributed by atoms with Crippen LogP contribution >= 0.6 is 11.6 Å². The van der Waals surface area contributed by atoms with E-state index in [0.717, 1.165) is 0 Å². The number of carbonyl (C=O) groups is 1. The lowest BCUT2D eigenvalue weighted by Crippen LogP contribution is -2.25. The van der Waals surface area contributed by atoms with Crippen molar-refractivity contribution in [2.75, 3.05) is 6.61 Å². The normalized spacial score (nSPS) is 11.7. The van der Waals surface area contributed by atoms with Crippen molar-refractivity contribution < 1.29 is 9.53 Å². The van der Waals surface area contributed by atoms with Crippen LogP contribution < -0.4 is 5.56 Å². The van der Waals surface area contributed by atoms with Crippen LogP contribution in [-0.4, -0.2) is 22.4 Å². The van der Waals surface area contributed by atoms with Gasteiger partial charge in [0.2, 0.25) is 0 Å². The summed E-state index contributed by atoms with van der Waals surface area (Å²) < 4.78 is 6.49. The van der Waals surface area contributed by atoms with Crippen LogP contribution in [0.2, 0.25) is 5.15 Å². The predicted octanol–water partition coefficient (Wildman–Crippen LogP) is 3.26. The molecule has 0 saturated carbocycles. The average molecular weight is 333 g/mol. The highest BCUT2D eigenvalue weighted by molar-refractivity contribution is 6.29. The fraction of sp³-hybridized carbons (Fsp3) is 0.235. The summed E-state index contributed by atoms with van der Waals surface area (Å²) in [6.45, 7) is 3.98. The Bertz CT molecular complexity index is 728. The quantitative estimate of drug-likeness (QED) is 0.443. The van der Waals surface area contributed by atoms with Crippen molar-refractivity contribution in [2.24, 2.45) is 0 Å². The minimum absolute atomic E-state index is 0.243. The molecule has 0 unspecified atom stereocenters. The molecule has 0 aliphatic carbocycles. The smallest absolute Gasteiger partial charge is 0.338 e. The van der Waals surface area contributed by atoms with Gasteiger partial charge in [-0.05, 0) is 31.0 Å². The highest BCUT2D eigenvalue weighted by Crippen LogP contribution is 2.13. The summed E-state index contributed by atoms with van der Waals surface area (Å²) >= 11 is 5.81. The molecule has 0 bridgehead atoms. The molecule has 0 amide bonds. The van der Waals surface area contributed by atoms with Gasteiger partial charge in [0.15, 0.2) is 0 Å². The maximum absolute atomic E-state index is 11.8. The number of halogens is 1. The van der Waals surface area contributed by atoms with Gasteiger partial charge in [0.1, 0.15) is 5.15 Å². The SMILES string of the molecule is C=C[C@H](CCCOC(=O)c1ccccc1)n1nc(Cl)ccc1=O. The number of hydrogen-bond donors (Lipinski definition) is 0. The Labute approximate surface area is 139 Å². The lowest BCUT2D eigenvalue weighted by molar-refractivity contribution is 0.0495. The van der Waals surface area contributed by atoms with Gasteiger partial charge in [-0.25, -0.2) is 9.48 Å². The molecule has 0 aliphatic heterocycles. The number of benzene rings is 1. The zero-order valence-electron chi connectivity index (χ0n) is 12.5. The third kappa shape index (κ3) is 4.79. The number of esters is 1. The van der Waals surface area contributed by atoms with E-state index in [4.69, 9.17) is 16.3 Å². The van der Waals surface area contributed by atoms with Crippen LogP contribution in [0.15, 0.2) is 59.9 Å². The number of allylic oxidation sites excluding steroid dienone is 1. The third-order valence-electron chi connectivity index (χ3n) is 3.27. The van der Waals surface area contributed by atoms with E-state index in [1.54, 1.807) is 30.3 Å². The van der Waals surface area contributed by atoms with Gasteiger partial charge in [0.25, 0.3) is 5.56 Å². The number of nitrogens with zero attached hydrogens (tertiary/aromatic N) is 2. The molecule has 5 nitrogen and oxygen atoms in total. The molecule has 0 aliphatic rings. The van der Waals surface area contributed by atoms with Crippen LogP contribution in [0.25, 0.3) is 0 Å². The molecule has 1 heterocycles. The molecule has 2 aromatic rings. The maximum atomic E-state index is 11.8. The summed E-state index contributed by atoms with van der Waals surface area (Å²) in [5.74, 6) is -0.362. The number of carbonyl (C=O) groups excluding carboxylic acids is 1. The van der Waals surface area contributed by atoms with Crippen LogP contribution in [0.1, 0.15) is 29.2 Å². The van der Waals surface area contributed by atoms with Crippen molar-refractivity contribution in [1.82, 2.24) is 9.78 Å². The lowest BCUT2D eigenvalue weighted by atomic mass is 10.1. The van der Waals surface area contributed by atoms with Crippen LogP contribution in [-0.2, 0) is 4.74 Å². The monoisotopic (exact) mass is 332 g/mol. The van der Waals surface area contributed by atoms with Crippen molar-refractivity contribution in [2.45, 2.75) is 18.9 Å². The summed E-state index contributed by atoms with van der Waals surface area (Å²) in [7, 11) is 0. The van der Waals surface area contributed by atoms with E-state index in [1.165, 1.54) is 16.8 Å². The summed E-state index contributed by atoms with van der Waals surface area (Å²) in [4.78, 5) is 23.6. The standard InChI is InChI=1S/C17H17ClN2O3/c1-2-14(20-16(21)11-10-15(18)19-20)9-6-12-23-17(22)13-7-4-3-5-8-13/h2-5,7-8,10-11,14H,1,6,9,12H2/t14-/m1/s1. The molecule has 0 fully saturated rings.